The molecule has 0 aliphatic carbocycles. The van der Waals surface area contributed by atoms with Gasteiger partial charge in [0.2, 0.25) is 0 Å². The monoisotopic (exact) mass is 294 g/mol. The molecule has 0 fully saturated rings. The fourth-order valence-corrected chi connectivity index (χ4v) is 2.90. The molecule has 3 nitrogen and oxygen atoms in total. The van der Waals surface area contributed by atoms with Gasteiger partial charge in [-0.1, -0.05) is 29.4 Å². The van der Waals surface area contributed by atoms with E-state index >= 15 is 0 Å². The Labute approximate surface area is 122 Å². The first kappa shape index (κ1) is 14.2. The number of rotatable bonds is 4. The van der Waals surface area contributed by atoms with Gasteiger partial charge in [-0.15, -0.1) is 0 Å². The number of hydrogen-bond acceptors (Lipinski definition) is 4. The zero-order valence-corrected chi connectivity index (χ0v) is 12.3. The van der Waals surface area contributed by atoms with Gasteiger partial charge < -0.3 is 10.5 Å². The van der Waals surface area contributed by atoms with Gasteiger partial charge in [0.05, 0.1) is 12.1 Å². The molecule has 1 heterocycles. The highest BCUT2D eigenvalue weighted by molar-refractivity contribution is 7.99. The van der Waals surface area contributed by atoms with Crippen LogP contribution >= 0.6 is 23.4 Å². The molecule has 0 unspecified atom stereocenters. The summed E-state index contributed by atoms with van der Waals surface area (Å²) in [4.78, 5) is 5.32. The van der Waals surface area contributed by atoms with Gasteiger partial charge in [0.1, 0.15) is 10.8 Å². The summed E-state index contributed by atoms with van der Waals surface area (Å²) in [5.41, 5.74) is 7.03. The van der Waals surface area contributed by atoms with E-state index in [-0.39, 0.29) is 6.04 Å². The van der Waals surface area contributed by atoms with Crippen LogP contribution < -0.4 is 10.5 Å². The molecule has 0 amide bonds. The summed E-state index contributed by atoms with van der Waals surface area (Å²) in [6.07, 6.45) is 1.63. The lowest BCUT2D eigenvalue weighted by molar-refractivity contribution is 0.405. The average Bonchev–Trinajstić information content (AvgIpc) is 2.40. The van der Waals surface area contributed by atoms with Crippen molar-refractivity contribution in [2.45, 2.75) is 22.9 Å². The van der Waals surface area contributed by atoms with Crippen LogP contribution in [0, 0.1) is 0 Å². The number of halogens is 1. The van der Waals surface area contributed by atoms with Crippen molar-refractivity contribution in [3.63, 3.8) is 0 Å². The van der Waals surface area contributed by atoms with Crippen LogP contribution in [0.15, 0.2) is 46.5 Å². The number of nitrogens with zero attached hydrogens (tertiary/aromatic N) is 1. The van der Waals surface area contributed by atoms with Crippen LogP contribution in [0.1, 0.15) is 18.5 Å². The van der Waals surface area contributed by atoms with Gasteiger partial charge in [0, 0.05) is 22.7 Å². The standard InChI is InChI=1S/C14H15ClN2OS/c1-9(16)14-11(18-2)4-3-5-12(14)19-13-7-6-10(15)8-17-13/h3-9H,16H2,1-2H3/t9-/m1/s1. The van der Waals surface area contributed by atoms with E-state index in [2.05, 4.69) is 4.98 Å². The smallest absolute Gasteiger partial charge is 0.124 e. The summed E-state index contributed by atoms with van der Waals surface area (Å²) in [5.74, 6) is 0.800. The molecule has 0 aliphatic heterocycles. The first-order valence-corrected chi connectivity index (χ1v) is 7.03. The molecule has 2 N–H and O–H groups in total. The van der Waals surface area contributed by atoms with Crippen LogP contribution in [0.3, 0.4) is 0 Å². The highest BCUT2D eigenvalue weighted by Crippen LogP contribution is 2.37. The van der Waals surface area contributed by atoms with Crippen molar-refractivity contribution in [2.24, 2.45) is 5.73 Å². The highest BCUT2D eigenvalue weighted by atomic mass is 35.5. The minimum atomic E-state index is -0.106. The van der Waals surface area contributed by atoms with E-state index in [1.54, 1.807) is 25.1 Å². The third-order valence-corrected chi connectivity index (χ3v) is 3.87. The van der Waals surface area contributed by atoms with Gasteiger partial charge in [-0.05, 0) is 31.2 Å². The van der Waals surface area contributed by atoms with E-state index in [9.17, 15) is 0 Å². The number of methoxy groups -OCH3 is 1. The van der Waals surface area contributed by atoms with E-state index in [1.807, 2.05) is 37.3 Å². The predicted molar refractivity (Wildman–Crippen MR) is 79.0 cm³/mol. The summed E-state index contributed by atoms with van der Waals surface area (Å²) in [6.45, 7) is 1.94. The summed E-state index contributed by atoms with van der Waals surface area (Å²) in [7, 11) is 1.65. The number of aromatic nitrogens is 1. The first-order chi connectivity index (χ1) is 9.11. The SMILES string of the molecule is COc1cccc(Sc2ccc(Cl)cn2)c1[C@@H](C)N. The van der Waals surface area contributed by atoms with Gasteiger partial charge in [0.15, 0.2) is 0 Å². The van der Waals surface area contributed by atoms with Crippen molar-refractivity contribution < 1.29 is 4.74 Å². The second-order valence-corrected chi connectivity index (χ2v) is 5.58. The van der Waals surface area contributed by atoms with Crippen LogP contribution in [0.25, 0.3) is 0 Å². The van der Waals surface area contributed by atoms with Crippen molar-refractivity contribution in [3.8, 4) is 5.75 Å². The largest absolute Gasteiger partial charge is 0.496 e. The molecule has 0 spiro atoms. The third-order valence-electron chi connectivity index (χ3n) is 2.62. The molecule has 2 rings (SSSR count). The van der Waals surface area contributed by atoms with E-state index in [4.69, 9.17) is 22.1 Å². The predicted octanol–water partition coefficient (Wildman–Crippen LogP) is 3.91. The molecule has 2 aromatic rings. The lowest BCUT2D eigenvalue weighted by Crippen LogP contribution is -2.08. The number of nitrogens with two attached hydrogens (primary N) is 1. The third kappa shape index (κ3) is 3.41. The highest BCUT2D eigenvalue weighted by Gasteiger charge is 2.14. The van der Waals surface area contributed by atoms with Crippen molar-refractivity contribution in [1.82, 2.24) is 4.98 Å². The van der Waals surface area contributed by atoms with E-state index in [0.29, 0.717) is 5.02 Å². The zero-order chi connectivity index (χ0) is 13.8. The fourth-order valence-electron chi connectivity index (χ4n) is 1.77. The Morgan fingerprint density at radius 2 is 2.11 bits per heavy atom. The van der Waals surface area contributed by atoms with Crippen LogP contribution in [-0.4, -0.2) is 12.1 Å². The van der Waals surface area contributed by atoms with Gasteiger partial charge in [0.25, 0.3) is 0 Å². The van der Waals surface area contributed by atoms with E-state index < -0.39 is 0 Å². The Morgan fingerprint density at radius 3 is 2.68 bits per heavy atom. The van der Waals surface area contributed by atoms with Crippen LogP contribution in [0.4, 0.5) is 0 Å². The first-order valence-electron chi connectivity index (χ1n) is 5.83. The molecule has 0 saturated carbocycles. The van der Waals surface area contributed by atoms with Gasteiger partial charge in [-0.2, -0.15) is 0 Å². The maximum Gasteiger partial charge on any atom is 0.124 e. The second-order valence-electron chi connectivity index (χ2n) is 4.08. The zero-order valence-electron chi connectivity index (χ0n) is 10.8. The summed E-state index contributed by atoms with van der Waals surface area (Å²) >= 11 is 7.38. The van der Waals surface area contributed by atoms with E-state index in [0.717, 1.165) is 21.2 Å². The maximum atomic E-state index is 6.03. The van der Waals surface area contributed by atoms with Gasteiger partial charge in [-0.3, -0.25) is 0 Å². The fraction of sp³-hybridized carbons (Fsp3) is 0.214. The number of pyridine rings is 1. The molecule has 1 aromatic heterocycles. The Kier molecular flexibility index (Phi) is 4.69. The van der Waals surface area contributed by atoms with Crippen molar-refractivity contribution >= 4 is 23.4 Å². The molecule has 1 atom stereocenters. The molecular formula is C14H15ClN2OS. The lowest BCUT2D eigenvalue weighted by Gasteiger charge is -2.16. The second kappa shape index (κ2) is 6.28. The summed E-state index contributed by atoms with van der Waals surface area (Å²) in [5, 5.41) is 1.50. The number of ether oxygens (including phenoxy) is 1. The molecule has 5 heteroatoms. The summed E-state index contributed by atoms with van der Waals surface area (Å²) < 4.78 is 5.37. The topological polar surface area (TPSA) is 48.1 Å². The van der Waals surface area contributed by atoms with Crippen molar-refractivity contribution in [2.75, 3.05) is 7.11 Å². The maximum absolute atomic E-state index is 6.03. The van der Waals surface area contributed by atoms with Crippen LogP contribution in [0.2, 0.25) is 5.02 Å². The van der Waals surface area contributed by atoms with E-state index in [1.165, 1.54) is 0 Å². The normalized spacial score (nSPS) is 12.2. The molecule has 100 valence electrons. The van der Waals surface area contributed by atoms with Crippen molar-refractivity contribution in [1.29, 1.82) is 0 Å². The molecule has 0 bridgehead atoms. The van der Waals surface area contributed by atoms with Gasteiger partial charge >= 0.3 is 0 Å². The average molecular weight is 295 g/mol. The summed E-state index contributed by atoms with van der Waals surface area (Å²) in [6, 6.07) is 9.48. The molecule has 0 saturated heterocycles. The Hall–Kier alpha value is -1.23. The van der Waals surface area contributed by atoms with Crippen LogP contribution in [0.5, 0.6) is 5.75 Å². The minimum absolute atomic E-state index is 0.106. The molecule has 19 heavy (non-hydrogen) atoms. The Balaban J connectivity index is 2.36. The Bertz CT molecular complexity index is 558. The lowest BCUT2D eigenvalue weighted by atomic mass is 10.1. The minimum Gasteiger partial charge on any atom is -0.496 e. The van der Waals surface area contributed by atoms with Crippen LogP contribution in [-0.2, 0) is 0 Å². The quantitative estimate of drug-likeness (QED) is 0.928. The van der Waals surface area contributed by atoms with Gasteiger partial charge in [-0.25, -0.2) is 4.98 Å². The molecule has 0 radical (unpaired) electrons. The number of hydrogen-bond donors (Lipinski definition) is 1. The molecule has 1 aromatic carbocycles. The van der Waals surface area contributed by atoms with Crippen molar-refractivity contribution in [3.05, 3.63) is 47.1 Å². The molecular weight excluding hydrogens is 280 g/mol. The molecule has 0 aliphatic rings. The number of benzene rings is 1. The Morgan fingerprint density at radius 1 is 1.32 bits per heavy atom.